The molecule has 0 saturated heterocycles. The van der Waals surface area contributed by atoms with Gasteiger partial charge in [0, 0.05) is 11.3 Å². The van der Waals surface area contributed by atoms with Crippen LogP contribution in [-0.4, -0.2) is 11.2 Å². The normalized spacial score (nSPS) is 15.2. The molecule has 14 heavy (non-hydrogen) atoms. The number of aliphatic hydroxyl groups is 1. The molecule has 0 fully saturated rings. The van der Waals surface area contributed by atoms with Crippen molar-refractivity contribution in [1.29, 1.82) is 0 Å². The van der Waals surface area contributed by atoms with Gasteiger partial charge in [-0.25, -0.2) is 8.78 Å². The Morgan fingerprint density at radius 1 is 1.29 bits per heavy atom. The van der Waals surface area contributed by atoms with Crippen LogP contribution in [0.25, 0.3) is 0 Å². The van der Waals surface area contributed by atoms with Crippen molar-refractivity contribution in [2.24, 2.45) is 5.73 Å². The standard InChI is InChI=1S/C9H12F2N2O/c1-4(14)9(13)8-6(10)2-5(12)3-7(8)11/h2-4,9,14H,12-13H2,1H3/t4-,9-/m1/s1. The van der Waals surface area contributed by atoms with E-state index in [1.54, 1.807) is 0 Å². The summed E-state index contributed by atoms with van der Waals surface area (Å²) in [5.74, 6) is -1.67. The van der Waals surface area contributed by atoms with Gasteiger partial charge in [0.1, 0.15) is 11.6 Å². The largest absolute Gasteiger partial charge is 0.399 e. The zero-order chi connectivity index (χ0) is 10.9. The van der Waals surface area contributed by atoms with Crippen molar-refractivity contribution in [3.63, 3.8) is 0 Å². The Labute approximate surface area is 80.3 Å². The molecular formula is C9H12F2N2O. The molecule has 1 aromatic rings. The van der Waals surface area contributed by atoms with Crippen molar-refractivity contribution in [2.45, 2.75) is 19.1 Å². The van der Waals surface area contributed by atoms with E-state index in [2.05, 4.69) is 0 Å². The molecule has 0 aliphatic rings. The van der Waals surface area contributed by atoms with Crippen LogP contribution < -0.4 is 11.5 Å². The number of nitrogens with two attached hydrogens (primary N) is 2. The van der Waals surface area contributed by atoms with Crippen molar-refractivity contribution in [3.8, 4) is 0 Å². The lowest BCUT2D eigenvalue weighted by Crippen LogP contribution is -2.25. The van der Waals surface area contributed by atoms with Gasteiger partial charge in [0.25, 0.3) is 0 Å². The first-order valence-corrected chi connectivity index (χ1v) is 4.11. The Bertz CT molecular complexity index is 319. The molecule has 0 aromatic heterocycles. The number of nitrogen functional groups attached to an aromatic ring is 1. The average Bonchev–Trinajstić information content (AvgIpc) is 2.01. The second-order valence-corrected chi connectivity index (χ2v) is 3.16. The molecule has 0 aliphatic heterocycles. The van der Waals surface area contributed by atoms with Crippen LogP contribution in [0.15, 0.2) is 12.1 Å². The Morgan fingerprint density at radius 2 is 1.71 bits per heavy atom. The fourth-order valence-corrected chi connectivity index (χ4v) is 1.16. The van der Waals surface area contributed by atoms with E-state index < -0.39 is 23.8 Å². The van der Waals surface area contributed by atoms with Gasteiger partial charge in [-0.05, 0) is 19.1 Å². The van der Waals surface area contributed by atoms with Gasteiger partial charge in [-0.15, -0.1) is 0 Å². The minimum absolute atomic E-state index is 0.0125. The lowest BCUT2D eigenvalue weighted by atomic mass is 10.0. The van der Waals surface area contributed by atoms with Crippen LogP contribution in [0.5, 0.6) is 0 Å². The summed E-state index contributed by atoms with van der Waals surface area (Å²) in [4.78, 5) is 0. The lowest BCUT2D eigenvalue weighted by molar-refractivity contribution is 0.160. The first-order valence-electron chi connectivity index (χ1n) is 4.11. The topological polar surface area (TPSA) is 72.3 Å². The maximum atomic E-state index is 13.2. The Morgan fingerprint density at radius 3 is 2.07 bits per heavy atom. The van der Waals surface area contributed by atoms with Crippen LogP contribution in [0.4, 0.5) is 14.5 Å². The summed E-state index contributed by atoms with van der Waals surface area (Å²) in [6, 6.07) is 0.858. The first kappa shape index (κ1) is 10.9. The second kappa shape index (κ2) is 3.89. The van der Waals surface area contributed by atoms with E-state index in [1.807, 2.05) is 0 Å². The quantitative estimate of drug-likeness (QED) is 0.624. The molecular weight excluding hydrogens is 190 g/mol. The summed E-state index contributed by atoms with van der Waals surface area (Å²) in [6.45, 7) is 1.36. The minimum atomic E-state index is -1.09. The molecule has 3 nitrogen and oxygen atoms in total. The van der Waals surface area contributed by atoms with E-state index in [0.29, 0.717) is 0 Å². The third-order valence-corrected chi connectivity index (χ3v) is 1.95. The number of halogens is 2. The Kier molecular flexibility index (Phi) is 3.03. The van der Waals surface area contributed by atoms with E-state index in [-0.39, 0.29) is 11.3 Å². The predicted octanol–water partition coefficient (Wildman–Crippen LogP) is 0.928. The number of benzene rings is 1. The lowest BCUT2D eigenvalue weighted by Gasteiger charge is -2.16. The maximum Gasteiger partial charge on any atom is 0.133 e. The molecule has 1 rings (SSSR count). The fraction of sp³-hybridized carbons (Fsp3) is 0.333. The highest BCUT2D eigenvalue weighted by Crippen LogP contribution is 2.23. The van der Waals surface area contributed by atoms with Crippen molar-refractivity contribution < 1.29 is 13.9 Å². The molecule has 0 bridgehead atoms. The van der Waals surface area contributed by atoms with Crippen LogP contribution in [0.2, 0.25) is 0 Å². The highest BCUT2D eigenvalue weighted by molar-refractivity contribution is 5.42. The van der Waals surface area contributed by atoms with Crippen LogP contribution in [0.3, 0.4) is 0 Å². The van der Waals surface area contributed by atoms with Crippen LogP contribution in [0.1, 0.15) is 18.5 Å². The zero-order valence-corrected chi connectivity index (χ0v) is 7.67. The SMILES string of the molecule is C[C@@H](O)[C@@H](N)c1c(F)cc(N)cc1F. The molecule has 0 unspecified atom stereocenters. The monoisotopic (exact) mass is 202 g/mol. The second-order valence-electron chi connectivity index (χ2n) is 3.16. The molecule has 0 saturated carbocycles. The van der Waals surface area contributed by atoms with Gasteiger partial charge in [0.05, 0.1) is 12.1 Å². The van der Waals surface area contributed by atoms with Gasteiger partial charge in [0.2, 0.25) is 0 Å². The predicted molar refractivity (Wildman–Crippen MR) is 49.4 cm³/mol. The van der Waals surface area contributed by atoms with E-state index >= 15 is 0 Å². The van der Waals surface area contributed by atoms with E-state index in [1.165, 1.54) is 6.92 Å². The van der Waals surface area contributed by atoms with Crippen LogP contribution in [0, 0.1) is 11.6 Å². The molecule has 0 aliphatic carbocycles. The average molecular weight is 202 g/mol. The molecule has 0 heterocycles. The third-order valence-electron chi connectivity index (χ3n) is 1.95. The van der Waals surface area contributed by atoms with Gasteiger partial charge >= 0.3 is 0 Å². The molecule has 1 aromatic carbocycles. The summed E-state index contributed by atoms with van der Waals surface area (Å²) in [6.07, 6.45) is -1.03. The first-order chi connectivity index (χ1) is 6.43. The van der Waals surface area contributed by atoms with Gasteiger partial charge in [-0.1, -0.05) is 0 Å². The molecule has 5 heteroatoms. The molecule has 2 atom stereocenters. The minimum Gasteiger partial charge on any atom is -0.399 e. The summed E-state index contributed by atoms with van der Waals surface area (Å²) in [5.41, 5.74) is 10.3. The maximum absolute atomic E-state index is 13.2. The van der Waals surface area contributed by atoms with Gasteiger partial charge < -0.3 is 16.6 Å². The van der Waals surface area contributed by atoms with Crippen molar-refractivity contribution in [2.75, 3.05) is 5.73 Å². The summed E-state index contributed by atoms with van der Waals surface area (Å²) >= 11 is 0. The van der Waals surface area contributed by atoms with Gasteiger partial charge in [-0.3, -0.25) is 0 Å². The Hall–Kier alpha value is -1.20. The number of hydrogen-bond acceptors (Lipinski definition) is 3. The smallest absolute Gasteiger partial charge is 0.133 e. The molecule has 0 radical (unpaired) electrons. The number of rotatable bonds is 2. The summed E-state index contributed by atoms with van der Waals surface area (Å²) in [7, 11) is 0. The van der Waals surface area contributed by atoms with E-state index in [0.717, 1.165) is 12.1 Å². The molecule has 0 amide bonds. The van der Waals surface area contributed by atoms with Crippen LogP contribution >= 0.6 is 0 Å². The highest BCUT2D eigenvalue weighted by atomic mass is 19.1. The van der Waals surface area contributed by atoms with E-state index in [4.69, 9.17) is 16.6 Å². The van der Waals surface area contributed by atoms with Crippen molar-refractivity contribution >= 4 is 5.69 Å². The van der Waals surface area contributed by atoms with Crippen LogP contribution in [-0.2, 0) is 0 Å². The zero-order valence-electron chi connectivity index (χ0n) is 7.67. The van der Waals surface area contributed by atoms with E-state index in [9.17, 15) is 8.78 Å². The number of anilines is 1. The van der Waals surface area contributed by atoms with Crippen molar-refractivity contribution in [1.82, 2.24) is 0 Å². The highest BCUT2D eigenvalue weighted by Gasteiger charge is 2.21. The molecule has 5 N–H and O–H groups in total. The molecule has 0 spiro atoms. The number of aliphatic hydroxyl groups excluding tert-OH is 1. The fourth-order valence-electron chi connectivity index (χ4n) is 1.16. The van der Waals surface area contributed by atoms with Crippen molar-refractivity contribution in [3.05, 3.63) is 29.3 Å². The Balaban J connectivity index is 3.20. The number of hydrogen-bond donors (Lipinski definition) is 3. The third kappa shape index (κ3) is 2.00. The summed E-state index contributed by atoms with van der Waals surface area (Å²) in [5, 5.41) is 9.10. The van der Waals surface area contributed by atoms with Gasteiger partial charge in [-0.2, -0.15) is 0 Å². The summed E-state index contributed by atoms with van der Waals surface area (Å²) < 4.78 is 26.4. The molecule has 78 valence electrons. The van der Waals surface area contributed by atoms with Gasteiger partial charge in [0.15, 0.2) is 0 Å².